The van der Waals surface area contributed by atoms with Crippen LogP contribution in [0.1, 0.15) is 10.5 Å². The molecule has 152 valence electrons. The van der Waals surface area contributed by atoms with Gasteiger partial charge in [-0.1, -0.05) is 35.9 Å². The first kappa shape index (κ1) is 20.0. The Labute approximate surface area is 177 Å². The molecule has 1 amide bonds. The van der Waals surface area contributed by atoms with Crippen molar-refractivity contribution in [1.29, 1.82) is 0 Å². The number of nitrogens with one attached hydrogen (secondary N) is 1. The molecule has 0 aliphatic carbocycles. The van der Waals surface area contributed by atoms with Gasteiger partial charge in [-0.05, 0) is 30.3 Å². The molecule has 2 heterocycles. The van der Waals surface area contributed by atoms with Crippen LogP contribution in [0.5, 0.6) is 0 Å². The quantitative estimate of drug-likeness (QED) is 0.470. The monoisotopic (exact) mass is 424 g/mol. The number of hydrogen-bond acceptors (Lipinski definition) is 4. The molecule has 0 fully saturated rings. The highest BCUT2D eigenvalue weighted by atomic mass is 35.5. The summed E-state index contributed by atoms with van der Waals surface area (Å²) in [4.78, 5) is 17.4. The standard InChI is InChI=1S/C22H18ClFN4O2/c1-30-11-10-25-22(29)20-12-19(16-4-2-3-5-17(16)24)26-21-13-18(27-28(20)21)14-6-8-15(23)9-7-14/h2-9,12-13H,10-11H2,1H3,(H,25,29). The van der Waals surface area contributed by atoms with Crippen LogP contribution in [-0.4, -0.2) is 40.8 Å². The number of benzene rings is 2. The van der Waals surface area contributed by atoms with E-state index in [2.05, 4.69) is 15.4 Å². The van der Waals surface area contributed by atoms with Gasteiger partial charge >= 0.3 is 0 Å². The molecule has 8 heteroatoms. The van der Waals surface area contributed by atoms with Gasteiger partial charge in [-0.25, -0.2) is 13.9 Å². The van der Waals surface area contributed by atoms with Gasteiger partial charge in [0.15, 0.2) is 5.65 Å². The zero-order chi connectivity index (χ0) is 21.1. The summed E-state index contributed by atoms with van der Waals surface area (Å²) < 4.78 is 20.8. The van der Waals surface area contributed by atoms with Crippen molar-refractivity contribution in [3.63, 3.8) is 0 Å². The number of carbonyl (C=O) groups excluding carboxylic acids is 1. The molecule has 30 heavy (non-hydrogen) atoms. The molecule has 2 aromatic carbocycles. The number of fused-ring (bicyclic) bond motifs is 1. The number of rotatable bonds is 6. The second-order valence-electron chi connectivity index (χ2n) is 6.56. The molecule has 4 rings (SSSR count). The van der Waals surface area contributed by atoms with Crippen LogP contribution in [0.15, 0.2) is 60.7 Å². The van der Waals surface area contributed by atoms with Crippen molar-refractivity contribution in [1.82, 2.24) is 19.9 Å². The van der Waals surface area contributed by atoms with E-state index in [9.17, 15) is 9.18 Å². The van der Waals surface area contributed by atoms with Gasteiger partial charge in [0.2, 0.25) is 0 Å². The van der Waals surface area contributed by atoms with Gasteiger partial charge in [0.25, 0.3) is 5.91 Å². The maximum atomic E-state index is 14.4. The first-order chi connectivity index (χ1) is 14.6. The van der Waals surface area contributed by atoms with Crippen LogP contribution < -0.4 is 5.32 Å². The van der Waals surface area contributed by atoms with Gasteiger partial charge in [-0.2, -0.15) is 5.10 Å². The summed E-state index contributed by atoms with van der Waals surface area (Å²) in [5.74, 6) is -0.777. The van der Waals surface area contributed by atoms with Crippen molar-refractivity contribution in [2.75, 3.05) is 20.3 Å². The molecule has 4 aromatic rings. The Kier molecular flexibility index (Phi) is 5.74. The minimum Gasteiger partial charge on any atom is -0.383 e. The lowest BCUT2D eigenvalue weighted by molar-refractivity contribution is 0.0929. The van der Waals surface area contributed by atoms with Crippen LogP contribution in [0.2, 0.25) is 5.02 Å². The van der Waals surface area contributed by atoms with Crippen molar-refractivity contribution in [2.24, 2.45) is 0 Å². The fourth-order valence-electron chi connectivity index (χ4n) is 3.06. The summed E-state index contributed by atoms with van der Waals surface area (Å²) in [7, 11) is 1.55. The van der Waals surface area contributed by atoms with Crippen LogP contribution >= 0.6 is 11.6 Å². The fraction of sp³-hybridized carbons (Fsp3) is 0.136. The molecule has 0 saturated carbocycles. The predicted molar refractivity (Wildman–Crippen MR) is 113 cm³/mol. The molecular weight excluding hydrogens is 407 g/mol. The lowest BCUT2D eigenvalue weighted by Gasteiger charge is -2.09. The summed E-state index contributed by atoms with van der Waals surface area (Å²) >= 11 is 5.97. The molecule has 0 saturated heterocycles. The highest BCUT2D eigenvalue weighted by molar-refractivity contribution is 6.30. The first-order valence-electron chi connectivity index (χ1n) is 9.25. The molecule has 0 radical (unpaired) electrons. The van der Waals surface area contributed by atoms with Crippen LogP contribution in [0.25, 0.3) is 28.2 Å². The van der Waals surface area contributed by atoms with E-state index >= 15 is 0 Å². The zero-order valence-corrected chi connectivity index (χ0v) is 16.9. The summed E-state index contributed by atoms with van der Waals surface area (Å²) in [5, 5.41) is 7.93. The second-order valence-corrected chi connectivity index (χ2v) is 7.00. The normalized spacial score (nSPS) is 11.0. The van der Waals surface area contributed by atoms with E-state index in [-0.39, 0.29) is 11.6 Å². The third-order valence-corrected chi connectivity index (χ3v) is 4.79. The highest BCUT2D eigenvalue weighted by Gasteiger charge is 2.18. The fourth-order valence-corrected chi connectivity index (χ4v) is 3.19. The van der Waals surface area contributed by atoms with E-state index in [0.717, 1.165) is 5.56 Å². The van der Waals surface area contributed by atoms with Crippen LogP contribution in [-0.2, 0) is 4.74 Å². The van der Waals surface area contributed by atoms with E-state index in [1.54, 1.807) is 43.5 Å². The molecule has 0 spiro atoms. The number of hydrogen-bond donors (Lipinski definition) is 1. The average Bonchev–Trinajstić information content (AvgIpc) is 3.18. The van der Waals surface area contributed by atoms with Crippen molar-refractivity contribution < 1.29 is 13.9 Å². The number of halogens is 2. The number of carbonyl (C=O) groups is 1. The smallest absolute Gasteiger partial charge is 0.270 e. The molecule has 0 atom stereocenters. The molecule has 1 N–H and O–H groups in total. The minimum atomic E-state index is -0.419. The average molecular weight is 425 g/mol. The number of methoxy groups -OCH3 is 1. The highest BCUT2D eigenvalue weighted by Crippen LogP contribution is 2.26. The molecule has 0 bridgehead atoms. The Morgan fingerprint density at radius 2 is 1.90 bits per heavy atom. The van der Waals surface area contributed by atoms with Gasteiger partial charge in [-0.3, -0.25) is 4.79 Å². The molecule has 6 nitrogen and oxygen atoms in total. The molecule has 0 unspecified atom stereocenters. The molecule has 2 aromatic heterocycles. The van der Waals surface area contributed by atoms with E-state index in [4.69, 9.17) is 16.3 Å². The summed E-state index contributed by atoms with van der Waals surface area (Å²) in [6.45, 7) is 0.703. The Morgan fingerprint density at radius 3 is 2.63 bits per heavy atom. The molecular formula is C22H18ClFN4O2. The zero-order valence-electron chi connectivity index (χ0n) is 16.1. The van der Waals surface area contributed by atoms with Crippen LogP contribution in [0.3, 0.4) is 0 Å². The predicted octanol–water partition coefficient (Wildman–Crippen LogP) is 4.23. The second kappa shape index (κ2) is 8.61. The summed E-state index contributed by atoms with van der Waals surface area (Å²) in [6, 6.07) is 16.8. The Hall–Kier alpha value is -3.29. The number of ether oxygens (including phenoxy) is 1. The van der Waals surface area contributed by atoms with Gasteiger partial charge in [-0.15, -0.1) is 0 Å². The van der Waals surface area contributed by atoms with E-state index in [0.29, 0.717) is 40.8 Å². The Balaban J connectivity index is 1.85. The Morgan fingerprint density at radius 1 is 1.13 bits per heavy atom. The minimum absolute atomic E-state index is 0.245. The van der Waals surface area contributed by atoms with Crippen LogP contribution in [0.4, 0.5) is 4.39 Å². The van der Waals surface area contributed by atoms with E-state index in [1.807, 2.05) is 12.1 Å². The van der Waals surface area contributed by atoms with Crippen molar-refractivity contribution in [2.45, 2.75) is 0 Å². The molecule has 0 aliphatic rings. The van der Waals surface area contributed by atoms with Crippen molar-refractivity contribution in [3.8, 4) is 22.5 Å². The van der Waals surface area contributed by atoms with Gasteiger partial charge in [0.1, 0.15) is 11.5 Å². The maximum absolute atomic E-state index is 14.4. The third kappa shape index (κ3) is 4.03. The van der Waals surface area contributed by atoms with Gasteiger partial charge in [0, 0.05) is 35.9 Å². The Bertz CT molecular complexity index is 1210. The van der Waals surface area contributed by atoms with Gasteiger partial charge in [0.05, 0.1) is 18.0 Å². The topological polar surface area (TPSA) is 68.5 Å². The molecule has 0 aliphatic heterocycles. The van der Waals surface area contributed by atoms with Crippen LogP contribution in [0, 0.1) is 5.82 Å². The maximum Gasteiger partial charge on any atom is 0.270 e. The van der Waals surface area contributed by atoms with Crippen molar-refractivity contribution in [3.05, 3.63) is 77.2 Å². The summed E-state index contributed by atoms with van der Waals surface area (Å²) in [6.07, 6.45) is 0. The van der Waals surface area contributed by atoms with E-state index < -0.39 is 5.82 Å². The van der Waals surface area contributed by atoms with Crippen molar-refractivity contribution >= 4 is 23.2 Å². The number of nitrogens with zero attached hydrogens (tertiary/aromatic N) is 3. The largest absolute Gasteiger partial charge is 0.383 e. The van der Waals surface area contributed by atoms with E-state index in [1.165, 1.54) is 16.6 Å². The number of amides is 1. The third-order valence-electron chi connectivity index (χ3n) is 4.54. The SMILES string of the molecule is COCCNC(=O)c1cc(-c2ccccc2F)nc2cc(-c3ccc(Cl)cc3)nn12. The van der Waals surface area contributed by atoms with Gasteiger partial charge < -0.3 is 10.1 Å². The lowest BCUT2D eigenvalue weighted by atomic mass is 10.1. The summed E-state index contributed by atoms with van der Waals surface area (Å²) in [5.41, 5.74) is 2.77. The lowest BCUT2D eigenvalue weighted by Crippen LogP contribution is -2.29. The first-order valence-corrected chi connectivity index (χ1v) is 9.63. The number of aromatic nitrogens is 3.